The lowest BCUT2D eigenvalue weighted by Crippen LogP contribution is -2.68. The third-order valence-electron chi connectivity index (χ3n) is 22.8. The lowest BCUT2D eigenvalue weighted by Gasteiger charge is -2.53. The van der Waals surface area contributed by atoms with Gasteiger partial charge in [0.25, 0.3) is 0 Å². The summed E-state index contributed by atoms with van der Waals surface area (Å²) < 4.78 is 139. The maximum absolute atomic E-state index is 13.9. The first-order chi connectivity index (χ1) is 63.0. The number of ether oxygens (including phenoxy) is 19. The number of benzene rings is 11. The van der Waals surface area contributed by atoms with Crippen LogP contribution >= 0.6 is 46.6 Å². The second-order valence-corrected chi connectivity index (χ2v) is 34.6. The molecule has 5 aliphatic heterocycles. The molecule has 0 saturated carbocycles. The van der Waals surface area contributed by atoms with Crippen LogP contribution in [-0.4, -0.2) is 159 Å². The second-order valence-electron chi connectivity index (χ2n) is 32.0. The Hall–Kier alpha value is -8.42. The summed E-state index contributed by atoms with van der Waals surface area (Å²) in [5.74, 6) is 0. The predicted octanol–water partition coefficient (Wildman–Crippen LogP) is 19.1. The van der Waals surface area contributed by atoms with Gasteiger partial charge >= 0.3 is 0 Å². The summed E-state index contributed by atoms with van der Waals surface area (Å²) in [6.45, 7) is 5.24. The highest BCUT2D eigenvalue weighted by molar-refractivity contribution is 8.00. The van der Waals surface area contributed by atoms with Gasteiger partial charge in [0, 0.05) is 20.6 Å². The summed E-state index contributed by atoms with van der Waals surface area (Å²) in [7, 11) is 0. The quantitative estimate of drug-likeness (QED) is 0.0354. The topological polar surface area (TPSA) is 196 Å². The maximum Gasteiger partial charge on any atom is 0.187 e. The van der Waals surface area contributed by atoms with Gasteiger partial charge in [-0.05, 0) is 92.0 Å². The predicted molar refractivity (Wildman–Crippen MR) is 486 cm³/mol. The highest BCUT2D eigenvalue weighted by Crippen LogP contribution is 2.47. The molecule has 5 saturated heterocycles. The van der Waals surface area contributed by atoms with E-state index in [0.717, 1.165) is 61.2 Å². The number of rotatable bonds is 43. The highest BCUT2D eigenvalue weighted by Gasteiger charge is 2.60. The summed E-state index contributed by atoms with van der Waals surface area (Å²) in [5, 5.41) is 14.5. The van der Waals surface area contributed by atoms with Crippen molar-refractivity contribution in [2.24, 2.45) is 0 Å². The Morgan fingerprint density at radius 1 is 0.312 bits per heavy atom. The Kier molecular flexibility index (Phi) is 34.9. The van der Waals surface area contributed by atoms with Crippen LogP contribution in [0.4, 0.5) is 0 Å². The zero-order valence-electron chi connectivity index (χ0n) is 70.8. The molecule has 5 fully saturated rings. The Bertz CT molecular complexity index is 5030. The minimum absolute atomic E-state index is 0.00303. The van der Waals surface area contributed by atoms with Crippen molar-refractivity contribution in [3.8, 4) is 0 Å². The molecule has 0 unspecified atom stereocenters. The van der Waals surface area contributed by atoms with Gasteiger partial charge < -0.3 is 95.1 Å². The molecular weight excluding hydrogens is 1710 g/mol. The summed E-state index contributed by atoms with van der Waals surface area (Å²) in [4.78, 5) is 0. The molecule has 0 aromatic heterocycles. The van der Waals surface area contributed by atoms with Gasteiger partial charge in [-0.15, -0.1) is 18.3 Å². The zero-order chi connectivity index (χ0) is 87.4. The maximum atomic E-state index is 13.9. The molecular formula is C104H107Cl3O20S. The molecule has 5 heterocycles. The summed E-state index contributed by atoms with van der Waals surface area (Å²) in [6.07, 6.45) is -19.6. The van der Waals surface area contributed by atoms with Gasteiger partial charge in [0.15, 0.2) is 25.2 Å². The zero-order valence-corrected chi connectivity index (χ0v) is 73.9. The fraction of sp³-hybridized carbons (Fsp3) is 0.346. The molecule has 0 radical (unpaired) electrons. The van der Waals surface area contributed by atoms with Crippen LogP contribution in [0.25, 0.3) is 0 Å². The van der Waals surface area contributed by atoms with E-state index in [4.69, 9.17) is 125 Å². The van der Waals surface area contributed by atoms with Crippen molar-refractivity contribution in [3.63, 3.8) is 0 Å². The Morgan fingerprint density at radius 3 is 1.02 bits per heavy atom. The number of halogens is 3. The van der Waals surface area contributed by atoms with Gasteiger partial charge in [0.1, 0.15) is 97.0 Å². The van der Waals surface area contributed by atoms with Crippen molar-refractivity contribution in [1.29, 1.82) is 0 Å². The van der Waals surface area contributed by atoms with Crippen LogP contribution in [-0.2, 0) is 156 Å². The number of aliphatic hydroxyl groups is 1. The lowest BCUT2D eigenvalue weighted by atomic mass is 9.95. The van der Waals surface area contributed by atoms with Gasteiger partial charge in [-0.2, -0.15) is 0 Å². The van der Waals surface area contributed by atoms with Crippen molar-refractivity contribution >= 4 is 46.6 Å². The van der Waals surface area contributed by atoms with Gasteiger partial charge in [0.2, 0.25) is 0 Å². The van der Waals surface area contributed by atoms with Crippen LogP contribution in [0.5, 0.6) is 0 Å². The second kappa shape index (κ2) is 48.1. The van der Waals surface area contributed by atoms with Crippen molar-refractivity contribution in [1.82, 2.24) is 0 Å². The molecule has 11 aromatic rings. The molecule has 11 aromatic carbocycles. The third-order valence-corrected chi connectivity index (χ3v) is 25.0. The first kappa shape index (κ1) is 92.8. The summed E-state index contributed by atoms with van der Waals surface area (Å²) in [6, 6.07) is 101. The van der Waals surface area contributed by atoms with E-state index < -0.39 is 127 Å². The molecule has 24 heteroatoms. The fourth-order valence-electron chi connectivity index (χ4n) is 16.3. The van der Waals surface area contributed by atoms with Gasteiger partial charge in [-0.25, -0.2) is 0 Å². The number of fused-ring (bicyclic) bond motifs is 1. The Labute approximate surface area is 767 Å². The molecule has 0 amide bonds. The molecule has 128 heavy (non-hydrogen) atoms. The van der Waals surface area contributed by atoms with E-state index in [1.54, 1.807) is 30.3 Å². The van der Waals surface area contributed by atoms with E-state index in [1.165, 1.54) is 11.8 Å². The summed E-state index contributed by atoms with van der Waals surface area (Å²) in [5.41, 5.74) is 8.20. The molecule has 20 nitrogen and oxygen atoms in total. The largest absolute Gasteiger partial charge is 0.387 e. The van der Waals surface area contributed by atoms with Crippen LogP contribution in [0, 0.1) is 0 Å². The molecule has 16 rings (SSSR count). The molecule has 670 valence electrons. The first-order valence-electron chi connectivity index (χ1n) is 43.4. The SMILES string of the molecule is C=CCO[C@@H]1O[C@H](COCc2ccccc2)[C@@H](OCc2ccccc2)[C@H](OCc2ccccc2)[C@@H]1O[C@@H]1O[C@H](COCc2ccccc2)[C@@H](OCc2ccccc2)[C@H](OCc2ccccc2)[C@@H]1O[C@@H]1O[C@@H]2CO[C@@H](c3ccccc3)O[C@H]2[C@H](OCc2ccccc2)[C@@H]1S[C@@H]1O[C@H](COCc2ccc(Cl)cc2)[C@@H](OCc2ccc(Cl)cc2)[C@H](OCc2ccc(Cl)cc2)[C@@H]1O. The minimum Gasteiger partial charge on any atom is -0.387 e. The normalized spacial score (nSPS) is 27.0. The first-order valence-corrected chi connectivity index (χ1v) is 45.5. The average Bonchev–Trinajstić information content (AvgIpc) is 0.751. The lowest BCUT2D eigenvalue weighted by molar-refractivity contribution is -0.401. The third kappa shape index (κ3) is 26.1. The molecule has 0 bridgehead atoms. The van der Waals surface area contributed by atoms with Crippen LogP contribution in [0.3, 0.4) is 0 Å². The van der Waals surface area contributed by atoms with E-state index in [0.29, 0.717) is 15.1 Å². The molecule has 0 aliphatic carbocycles. The highest BCUT2D eigenvalue weighted by atomic mass is 35.5. The number of hydrogen-bond acceptors (Lipinski definition) is 21. The summed E-state index contributed by atoms with van der Waals surface area (Å²) >= 11 is 20.7. The van der Waals surface area contributed by atoms with Gasteiger partial charge in [0.05, 0.1) is 104 Å². The Morgan fingerprint density at radius 2 is 0.625 bits per heavy atom. The van der Waals surface area contributed by atoms with Gasteiger partial charge in [-0.1, -0.05) is 320 Å². The number of hydrogen-bond donors (Lipinski definition) is 1. The fourth-order valence-corrected chi connectivity index (χ4v) is 18.1. The van der Waals surface area contributed by atoms with Crippen LogP contribution in [0.15, 0.2) is 328 Å². The van der Waals surface area contributed by atoms with Crippen LogP contribution in [0.1, 0.15) is 67.5 Å². The van der Waals surface area contributed by atoms with Crippen molar-refractivity contribution in [3.05, 3.63) is 404 Å². The Balaban J connectivity index is 0.850. The van der Waals surface area contributed by atoms with Crippen LogP contribution in [0.2, 0.25) is 15.1 Å². The number of aliphatic hydroxyl groups excluding tert-OH is 1. The van der Waals surface area contributed by atoms with Gasteiger partial charge in [-0.3, -0.25) is 0 Å². The van der Waals surface area contributed by atoms with Crippen molar-refractivity contribution < 1.29 is 95.1 Å². The van der Waals surface area contributed by atoms with Crippen molar-refractivity contribution in [2.45, 2.75) is 193 Å². The molecule has 21 atom stereocenters. The van der Waals surface area contributed by atoms with Crippen molar-refractivity contribution in [2.75, 3.05) is 33.0 Å². The number of thioether (sulfide) groups is 1. The standard InChI is InChI=1S/C104H107Cl3O20S/c1-2-55-112-101-97(94(117-61-74-35-19-7-20-36-74)90(114-59-72-31-15-5-16-32-72)84(121-101)66-109-56-70-27-11-3-12-28-70)126-102-98(95(118-62-75-37-21-8-22-38-75)91(115-60-73-33-17-6-18-34-73)85(122-102)67-110-57-71-29-13-4-14-30-71)127-103-99(96(119-63-76-39-23-9-24-40-76)92-87(123-103)69-120-100(125-92)80-41-25-10-26-42-80)128-104-88(108)93(116-65-79-47-53-83(107)54-48-79)89(113-64-78-45-51-82(106)52-46-78)86(124-104)68-111-58-77-43-49-81(105)50-44-77/h2-54,84-104,108H,1,55-69H2/t84-,85-,86-,87-,88+,89-,90-,91-,92-,93-,94+,95+,96+,97+,98+,99+,100-,101-,102+,103+,104+/m1/s1. The van der Waals surface area contributed by atoms with E-state index >= 15 is 0 Å². The molecule has 1 N–H and O–H groups in total. The van der Waals surface area contributed by atoms with E-state index in [9.17, 15) is 5.11 Å². The molecule has 5 aliphatic rings. The van der Waals surface area contributed by atoms with Crippen LogP contribution < -0.4 is 0 Å². The van der Waals surface area contributed by atoms with E-state index in [1.807, 2.05) is 291 Å². The minimum atomic E-state index is -1.54. The van der Waals surface area contributed by atoms with E-state index in [-0.39, 0.29) is 99.1 Å². The average molecular weight is 1820 g/mol. The monoisotopic (exact) mass is 1810 g/mol. The molecule has 0 spiro atoms. The van der Waals surface area contributed by atoms with E-state index in [2.05, 4.69) is 6.58 Å². The smallest absolute Gasteiger partial charge is 0.187 e.